The van der Waals surface area contributed by atoms with Crippen LogP contribution in [0.4, 0.5) is 4.79 Å². The topological polar surface area (TPSA) is 107 Å². The highest BCUT2D eigenvalue weighted by Gasteiger charge is 2.43. The predicted octanol–water partition coefficient (Wildman–Crippen LogP) is 1.55. The molecule has 1 aromatic rings. The Bertz CT molecular complexity index is 528. The number of aromatic amines is 1. The van der Waals surface area contributed by atoms with Crippen molar-refractivity contribution in [2.75, 3.05) is 0 Å². The maximum Gasteiger partial charge on any atom is 0.329 e. The Kier molecular flexibility index (Phi) is 4.50. The quantitative estimate of drug-likeness (QED) is 0.675. The number of rotatable bonds is 4. The molecule has 7 heteroatoms. The fourth-order valence-corrected chi connectivity index (χ4v) is 2.90. The van der Waals surface area contributed by atoms with Crippen molar-refractivity contribution in [3.8, 4) is 0 Å². The minimum absolute atomic E-state index is 0.297. The number of amides is 2. The highest BCUT2D eigenvalue weighted by molar-refractivity contribution is 5.86. The summed E-state index contributed by atoms with van der Waals surface area (Å²) in [5.74, 6) is -0.657. The van der Waals surface area contributed by atoms with E-state index in [1.807, 2.05) is 13.8 Å². The summed E-state index contributed by atoms with van der Waals surface area (Å²) in [4.78, 5) is 23.6. The number of hydrogen-bond donors (Lipinski definition) is 4. The zero-order chi connectivity index (χ0) is 15.5. The van der Waals surface area contributed by atoms with Crippen molar-refractivity contribution in [2.45, 2.75) is 51.6 Å². The lowest BCUT2D eigenvalue weighted by Gasteiger charge is -2.36. The first-order valence-corrected chi connectivity index (χ1v) is 7.21. The Morgan fingerprint density at radius 1 is 1.57 bits per heavy atom. The Morgan fingerprint density at radius 3 is 2.90 bits per heavy atom. The van der Waals surface area contributed by atoms with E-state index in [0.29, 0.717) is 25.3 Å². The van der Waals surface area contributed by atoms with Gasteiger partial charge in [0.2, 0.25) is 0 Å². The van der Waals surface area contributed by atoms with Crippen LogP contribution in [-0.2, 0) is 11.3 Å². The SMILES string of the molecule is Cc1[nH]ncc1CNC(=O)NC1(C(=O)O)CCCC(C)C1. The number of aliphatic carboxylic acids is 1. The second-order valence-corrected chi connectivity index (χ2v) is 5.92. The van der Waals surface area contributed by atoms with Gasteiger partial charge in [-0.25, -0.2) is 9.59 Å². The van der Waals surface area contributed by atoms with Gasteiger partial charge in [-0.2, -0.15) is 5.10 Å². The molecule has 4 N–H and O–H groups in total. The molecular weight excluding hydrogens is 272 g/mol. The molecule has 7 nitrogen and oxygen atoms in total. The molecule has 1 saturated carbocycles. The maximum atomic E-state index is 12.0. The van der Waals surface area contributed by atoms with Crippen molar-refractivity contribution in [3.63, 3.8) is 0 Å². The number of H-pyrrole nitrogens is 1. The number of carboxylic acids is 1. The van der Waals surface area contributed by atoms with Crippen molar-refractivity contribution in [2.24, 2.45) is 5.92 Å². The summed E-state index contributed by atoms with van der Waals surface area (Å²) in [5.41, 5.74) is 0.619. The molecule has 21 heavy (non-hydrogen) atoms. The molecule has 116 valence electrons. The fourth-order valence-electron chi connectivity index (χ4n) is 2.90. The second kappa shape index (κ2) is 6.15. The molecule has 0 aromatic carbocycles. The number of aryl methyl sites for hydroxylation is 1. The summed E-state index contributed by atoms with van der Waals surface area (Å²) in [6, 6.07) is -0.452. The van der Waals surface area contributed by atoms with Crippen molar-refractivity contribution in [3.05, 3.63) is 17.5 Å². The van der Waals surface area contributed by atoms with E-state index in [1.54, 1.807) is 6.20 Å². The molecule has 1 aromatic heterocycles. The number of aromatic nitrogens is 2. The van der Waals surface area contributed by atoms with Gasteiger partial charge in [-0.15, -0.1) is 0 Å². The molecule has 1 fully saturated rings. The highest BCUT2D eigenvalue weighted by atomic mass is 16.4. The van der Waals surface area contributed by atoms with Gasteiger partial charge in [0.05, 0.1) is 6.20 Å². The summed E-state index contributed by atoms with van der Waals surface area (Å²) in [6.45, 7) is 4.20. The first-order chi connectivity index (χ1) is 9.93. The van der Waals surface area contributed by atoms with E-state index >= 15 is 0 Å². The molecule has 1 aliphatic carbocycles. The van der Waals surface area contributed by atoms with Crippen molar-refractivity contribution < 1.29 is 14.7 Å². The number of hydrogen-bond acceptors (Lipinski definition) is 3. The van der Waals surface area contributed by atoms with E-state index < -0.39 is 17.5 Å². The summed E-state index contributed by atoms with van der Waals surface area (Å²) in [5, 5.41) is 21.5. The van der Waals surface area contributed by atoms with Gasteiger partial charge < -0.3 is 15.7 Å². The van der Waals surface area contributed by atoms with Crippen molar-refractivity contribution in [1.82, 2.24) is 20.8 Å². The molecule has 2 amide bonds. The molecule has 0 radical (unpaired) electrons. The molecule has 0 bridgehead atoms. The van der Waals surface area contributed by atoms with Crippen LogP contribution < -0.4 is 10.6 Å². The third kappa shape index (κ3) is 3.53. The number of carboxylic acid groups (broad SMARTS) is 1. The van der Waals surface area contributed by atoms with Gasteiger partial charge in [-0.3, -0.25) is 5.10 Å². The minimum Gasteiger partial charge on any atom is -0.480 e. The van der Waals surface area contributed by atoms with Crippen molar-refractivity contribution >= 4 is 12.0 Å². The number of carbonyl (C=O) groups excluding carboxylic acids is 1. The van der Waals surface area contributed by atoms with Gasteiger partial charge in [0.25, 0.3) is 0 Å². The molecule has 2 atom stereocenters. The van der Waals surface area contributed by atoms with Crippen LogP contribution in [-0.4, -0.2) is 32.8 Å². The van der Waals surface area contributed by atoms with E-state index in [0.717, 1.165) is 24.1 Å². The minimum atomic E-state index is -1.15. The van der Waals surface area contributed by atoms with Gasteiger partial charge in [0.15, 0.2) is 0 Å². The number of nitrogens with one attached hydrogen (secondary N) is 3. The normalized spacial score (nSPS) is 25.3. The monoisotopic (exact) mass is 294 g/mol. The first-order valence-electron chi connectivity index (χ1n) is 7.21. The van der Waals surface area contributed by atoms with E-state index in [-0.39, 0.29) is 0 Å². The van der Waals surface area contributed by atoms with E-state index in [9.17, 15) is 14.7 Å². The highest BCUT2D eigenvalue weighted by Crippen LogP contribution is 2.32. The van der Waals surface area contributed by atoms with Crippen molar-refractivity contribution in [1.29, 1.82) is 0 Å². The number of carbonyl (C=O) groups is 2. The third-order valence-corrected chi connectivity index (χ3v) is 4.13. The van der Waals surface area contributed by atoms with Crippen LogP contribution in [0.5, 0.6) is 0 Å². The fraction of sp³-hybridized carbons (Fsp3) is 0.643. The Labute approximate surface area is 123 Å². The largest absolute Gasteiger partial charge is 0.480 e. The van der Waals surface area contributed by atoms with E-state index in [2.05, 4.69) is 20.8 Å². The maximum absolute atomic E-state index is 12.0. The second-order valence-electron chi connectivity index (χ2n) is 5.92. The molecule has 2 unspecified atom stereocenters. The molecule has 0 saturated heterocycles. The van der Waals surface area contributed by atoms with Crippen LogP contribution in [0.1, 0.15) is 43.9 Å². The molecular formula is C14H22N4O3. The van der Waals surface area contributed by atoms with E-state index in [1.165, 1.54) is 0 Å². The molecule has 1 heterocycles. The van der Waals surface area contributed by atoms with Gasteiger partial charge >= 0.3 is 12.0 Å². The van der Waals surface area contributed by atoms with Crippen LogP contribution in [0.3, 0.4) is 0 Å². The smallest absolute Gasteiger partial charge is 0.329 e. The summed E-state index contributed by atoms with van der Waals surface area (Å²) in [6.07, 6.45) is 4.41. The summed E-state index contributed by atoms with van der Waals surface area (Å²) >= 11 is 0. The standard InChI is InChI=1S/C14H22N4O3/c1-9-4-3-5-14(6-9,12(19)20)17-13(21)15-7-11-8-16-18-10(11)2/h8-9H,3-7H2,1-2H3,(H,16,18)(H,19,20)(H2,15,17,21). The lowest BCUT2D eigenvalue weighted by atomic mass is 9.76. The van der Waals surface area contributed by atoms with Crippen LogP contribution in [0, 0.1) is 12.8 Å². The lowest BCUT2D eigenvalue weighted by molar-refractivity contribution is -0.146. The first kappa shape index (κ1) is 15.3. The number of nitrogens with zero attached hydrogens (tertiary/aromatic N) is 1. The predicted molar refractivity (Wildman–Crippen MR) is 76.7 cm³/mol. The molecule has 0 spiro atoms. The van der Waals surface area contributed by atoms with E-state index in [4.69, 9.17) is 0 Å². The van der Waals surface area contributed by atoms with Gasteiger partial charge in [0, 0.05) is 17.8 Å². The molecule has 1 aliphatic rings. The Hall–Kier alpha value is -2.05. The van der Waals surface area contributed by atoms with Gasteiger partial charge in [-0.1, -0.05) is 19.8 Å². The average Bonchev–Trinajstić information content (AvgIpc) is 2.82. The average molecular weight is 294 g/mol. The molecule has 2 rings (SSSR count). The van der Waals surface area contributed by atoms with Crippen LogP contribution >= 0.6 is 0 Å². The van der Waals surface area contributed by atoms with Gasteiger partial charge in [-0.05, 0) is 25.7 Å². The van der Waals surface area contributed by atoms with Crippen LogP contribution in [0.25, 0.3) is 0 Å². The van der Waals surface area contributed by atoms with Crippen LogP contribution in [0.15, 0.2) is 6.20 Å². The Morgan fingerprint density at radius 2 is 2.33 bits per heavy atom. The number of urea groups is 1. The zero-order valence-corrected chi connectivity index (χ0v) is 12.4. The lowest BCUT2D eigenvalue weighted by Crippen LogP contribution is -2.59. The van der Waals surface area contributed by atoms with Gasteiger partial charge in [0.1, 0.15) is 5.54 Å². The van der Waals surface area contributed by atoms with Crippen LogP contribution in [0.2, 0.25) is 0 Å². The Balaban J connectivity index is 1.95. The molecule has 0 aliphatic heterocycles. The third-order valence-electron chi connectivity index (χ3n) is 4.13. The summed E-state index contributed by atoms with van der Waals surface area (Å²) in [7, 11) is 0. The zero-order valence-electron chi connectivity index (χ0n) is 12.4. The summed E-state index contributed by atoms with van der Waals surface area (Å²) < 4.78 is 0.